The predicted molar refractivity (Wildman–Crippen MR) is 205 cm³/mol. The number of allylic oxidation sites excluding steroid dienone is 4. The van der Waals surface area contributed by atoms with Crippen LogP contribution in [-0.4, -0.2) is 36.3 Å². The van der Waals surface area contributed by atoms with Gasteiger partial charge in [-0.05, 0) is 159 Å². The second kappa shape index (κ2) is 11.8. The molecule has 0 saturated heterocycles. The Kier molecular flexibility index (Phi) is 8.82. The van der Waals surface area contributed by atoms with Crippen LogP contribution in [0.15, 0.2) is 42.0 Å². The summed E-state index contributed by atoms with van der Waals surface area (Å²) in [6.45, 7) is 24.4. The van der Waals surface area contributed by atoms with Gasteiger partial charge in [0.05, 0.1) is 18.1 Å². The highest BCUT2D eigenvalue weighted by molar-refractivity contribution is 8.30. The number of fused-ring (bicyclic) bond motifs is 7. The molecule has 1 aromatic rings. The zero-order valence-corrected chi connectivity index (χ0v) is 33.9. The van der Waals surface area contributed by atoms with Crippen LogP contribution < -0.4 is 0 Å². The third-order valence-electron chi connectivity index (χ3n) is 16.3. The van der Waals surface area contributed by atoms with Gasteiger partial charge in [-0.15, -0.1) is 0 Å². The molecule has 9 atom stereocenters. The van der Waals surface area contributed by atoms with Gasteiger partial charge in [-0.2, -0.15) is 0 Å². The number of carbonyl (C=O) groups excluding carboxylic acids is 2. The van der Waals surface area contributed by atoms with Crippen LogP contribution in [0, 0.1) is 56.7 Å². The molecule has 0 aromatic heterocycles. The van der Waals surface area contributed by atoms with Gasteiger partial charge in [0.25, 0.3) is 0 Å². The minimum atomic E-state index is -1.57. The van der Waals surface area contributed by atoms with Crippen molar-refractivity contribution in [1.29, 1.82) is 0 Å². The van der Waals surface area contributed by atoms with E-state index in [9.17, 15) is 9.59 Å². The average molecular weight is 691 g/mol. The van der Waals surface area contributed by atoms with Crippen molar-refractivity contribution in [1.82, 2.24) is 0 Å². The van der Waals surface area contributed by atoms with Crippen molar-refractivity contribution in [2.24, 2.45) is 56.7 Å². The lowest BCUT2D eigenvalue weighted by Gasteiger charge is -2.71. The normalized spacial score (nSPS) is 40.3. The molecule has 0 amide bonds. The zero-order valence-electron chi connectivity index (χ0n) is 33.0. The number of hydrogen-bond donors (Lipinski definition) is 0. The first-order valence-electron chi connectivity index (χ1n) is 19.2. The van der Waals surface area contributed by atoms with Crippen LogP contribution in [0.5, 0.6) is 0 Å². The summed E-state index contributed by atoms with van der Waals surface area (Å²) in [5.74, 6) is 2.25. The number of rotatable bonds is 4. The van der Waals surface area contributed by atoms with E-state index in [0.717, 1.165) is 38.5 Å². The summed E-state index contributed by atoms with van der Waals surface area (Å²) in [4.78, 5) is 26.8. The van der Waals surface area contributed by atoms with E-state index in [1.54, 1.807) is 5.57 Å². The van der Waals surface area contributed by atoms with Gasteiger partial charge in [-0.1, -0.05) is 88.6 Å². The first kappa shape index (κ1) is 36.8. The molecule has 5 heteroatoms. The van der Waals surface area contributed by atoms with Crippen LogP contribution in [0.1, 0.15) is 137 Å². The molecule has 0 aliphatic heterocycles. The average Bonchev–Trinajstić information content (AvgIpc) is 3.02. The van der Waals surface area contributed by atoms with Gasteiger partial charge in [-0.25, -0.2) is 4.79 Å². The second-order valence-electron chi connectivity index (χ2n) is 19.6. The largest absolute Gasteiger partial charge is 0.465 e. The molecule has 49 heavy (non-hydrogen) atoms. The van der Waals surface area contributed by atoms with E-state index < -0.39 is 15.7 Å². The lowest BCUT2D eigenvalue weighted by Crippen LogP contribution is -2.64. The molecule has 0 bridgehead atoms. The van der Waals surface area contributed by atoms with Gasteiger partial charge >= 0.3 is 11.9 Å². The Morgan fingerprint density at radius 1 is 0.857 bits per heavy atom. The Morgan fingerprint density at radius 3 is 2.12 bits per heavy atom. The molecule has 3 fully saturated rings. The molecule has 1 aromatic carbocycles. The quantitative estimate of drug-likeness (QED) is 0.233. The lowest BCUT2D eigenvalue weighted by atomic mass is 9.33. The van der Waals surface area contributed by atoms with Crippen LogP contribution in [0.25, 0.3) is 5.57 Å². The fourth-order valence-corrected chi connectivity index (χ4v) is 13.0. The SMILES string of the molecule is COC(=O)c1ccc(C2=CC[C@@]3(C)C(CC[C@]4(C)C3CC=C3[C@@H]5[C@@H](C)[C@H](C)CC[C@]5(C(=O)OS(C)(C)C(C)(C)C)CC[C@]34C)C2(C)C)cc1. The summed E-state index contributed by atoms with van der Waals surface area (Å²) in [6.07, 6.45) is 18.3. The monoisotopic (exact) mass is 690 g/mol. The van der Waals surface area contributed by atoms with Crippen molar-refractivity contribution in [2.45, 2.75) is 125 Å². The maximum absolute atomic E-state index is 14.7. The summed E-state index contributed by atoms with van der Waals surface area (Å²) in [5, 5.41) is 0. The van der Waals surface area contributed by atoms with E-state index in [1.165, 1.54) is 31.1 Å². The molecule has 4 nitrogen and oxygen atoms in total. The van der Waals surface area contributed by atoms with E-state index >= 15 is 0 Å². The summed E-state index contributed by atoms with van der Waals surface area (Å²) in [5.41, 5.74) is 4.84. The van der Waals surface area contributed by atoms with E-state index in [4.69, 9.17) is 8.92 Å². The highest BCUT2D eigenvalue weighted by Gasteiger charge is 2.69. The first-order valence-corrected chi connectivity index (χ1v) is 21.5. The van der Waals surface area contributed by atoms with Gasteiger partial charge in [0.1, 0.15) is 0 Å². The van der Waals surface area contributed by atoms with Gasteiger partial charge in [-0.3, -0.25) is 4.79 Å². The maximum atomic E-state index is 14.7. The topological polar surface area (TPSA) is 52.6 Å². The van der Waals surface area contributed by atoms with Gasteiger partial charge < -0.3 is 8.92 Å². The van der Waals surface area contributed by atoms with Crippen molar-refractivity contribution >= 4 is 27.8 Å². The van der Waals surface area contributed by atoms with Crippen molar-refractivity contribution in [3.63, 3.8) is 0 Å². The molecule has 6 rings (SSSR count). The number of ether oxygens (including phenoxy) is 1. The fraction of sp³-hybridized carbons (Fsp3) is 0.727. The van der Waals surface area contributed by atoms with Gasteiger partial charge in [0, 0.05) is 4.75 Å². The number of methoxy groups -OCH3 is 1. The summed E-state index contributed by atoms with van der Waals surface area (Å²) < 4.78 is 11.6. The Bertz CT molecular complexity index is 1560. The van der Waals surface area contributed by atoms with Crippen LogP contribution in [-0.2, 0) is 13.7 Å². The molecule has 5 aliphatic rings. The van der Waals surface area contributed by atoms with Crippen LogP contribution in [0.2, 0.25) is 0 Å². The highest BCUT2D eigenvalue weighted by Crippen LogP contribution is 2.76. The zero-order chi connectivity index (χ0) is 36.2. The lowest BCUT2D eigenvalue weighted by molar-refractivity contribution is -0.176. The van der Waals surface area contributed by atoms with E-state index in [-0.39, 0.29) is 44.3 Å². The third kappa shape index (κ3) is 5.19. The Balaban J connectivity index is 1.38. The van der Waals surface area contributed by atoms with Crippen molar-refractivity contribution in [3.8, 4) is 0 Å². The van der Waals surface area contributed by atoms with Crippen LogP contribution >= 0.6 is 10.3 Å². The Hall–Kier alpha value is -2.01. The molecular formula is C44H66O4S. The molecular weight excluding hydrogens is 625 g/mol. The molecule has 0 radical (unpaired) electrons. The molecule has 0 heterocycles. The van der Waals surface area contributed by atoms with Crippen molar-refractivity contribution in [3.05, 3.63) is 53.1 Å². The smallest absolute Gasteiger partial charge is 0.337 e. The molecule has 5 aliphatic carbocycles. The molecule has 2 unspecified atom stereocenters. The Labute approximate surface area is 300 Å². The third-order valence-corrected chi connectivity index (χ3v) is 19.9. The number of carbonyl (C=O) groups is 2. The number of esters is 1. The Morgan fingerprint density at radius 2 is 1.51 bits per heavy atom. The first-order chi connectivity index (χ1) is 22.6. The summed E-state index contributed by atoms with van der Waals surface area (Å²) >= 11 is 0. The van der Waals surface area contributed by atoms with E-state index in [1.807, 2.05) is 12.1 Å². The van der Waals surface area contributed by atoms with Crippen molar-refractivity contribution < 1.29 is 18.5 Å². The molecule has 0 N–H and O–H groups in total. The van der Waals surface area contributed by atoms with Gasteiger partial charge in [0.15, 0.2) is 0 Å². The van der Waals surface area contributed by atoms with Gasteiger partial charge in [0.2, 0.25) is 0 Å². The highest BCUT2D eigenvalue weighted by atomic mass is 32.3. The molecule has 0 spiro atoms. The fourth-order valence-electron chi connectivity index (χ4n) is 12.2. The number of hydrogen-bond acceptors (Lipinski definition) is 4. The maximum Gasteiger partial charge on any atom is 0.337 e. The minimum absolute atomic E-state index is 0.00694. The predicted octanol–water partition coefficient (Wildman–Crippen LogP) is 11.4. The molecule has 272 valence electrons. The standard InChI is InChI=1S/C44H66O4S/c1-28-20-25-44(38(46)48-49(12,13)39(3,4)5)27-26-42(9)33(36(44)29(28)2)18-19-35-41(8)23-21-32(30-14-16-31(17-15-30)37(45)47-11)40(6,7)34(41)22-24-43(35,42)10/h14-18,21,28-29,34-36H,19-20,22-27H2,1-13H3/t28-,29+,34?,35?,36+,41+,42-,43-,44+/m1/s1. The minimum Gasteiger partial charge on any atom is -0.465 e. The van der Waals surface area contributed by atoms with Crippen LogP contribution in [0.3, 0.4) is 0 Å². The molecule has 3 saturated carbocycles. The van der Waals surface area contributed by atoms with Crippen LogP contribution in [0.4, 0.5) is 0 Å². The van der Waals surface area contributed by atoms with E-state index in [2.05, 4.69) is 106 Å². The summed E-state index contributed by atoms with van der Waals surface area (Å²) in [6, 6.07) is 8.05. The van der Waals surface area contributed by atoms with E-state index in [0.29, 0.717) is 29.2 Å². The second-order valence-corrected chi connectivity index (χ2v) is 23.5. The van der Waals surface area contributed by atoms with Crippen molar-refractivity contribution in [2.75, 3.05) is 19.6 Å². The number of benzene rings is 1. The summed E-state index contributed by atoms with van der Waals surface area (Å²) in [7, 11) is -0.130.